The molecule has 0 unspecified atom stereocenters. The Morgan fingerprint density at radius 3 is 2.63 bits per heavy atom. The fourth-order valence-electron chi connectivity index (χ4n) is 1.90. The SMILES string of the molecule is CCN(C(=O)c1cccc(C)n1)c1cccc(O)c1. The lowest BCUT2D eigenvalue weighted by Gasteiger charge is -2.20. The van der Waals surface area contributed by atoms with Crippen molar-refractivity contribution < 1.29 is 9.90 Å². The molecule has 2 rings (SSSR count). The van der Waals surface area contributed by atoms with Gasteiger partial charge in [-0.1, -0.05) is 12.1 Å². The fourth-order valence-corrected chi connectivity index (χ4v) is 1.90. The van der Waals surface area contributed by atoms with E-state index >= 15 is 0 Å². The standard InChI is InChI=1S/C15H16N2O2/c1-3-17(12-7-5-8-13(18)10-12)15(19)14-9-4-6-11(2)16-14/h4-10,18H,3H2,1-2H3. The zero-order chi connectivity index (χ0) is 13.8. The third kappa shape index (κ3) is 2.91. The molecule has 0 saturated heterocycles. The summed E-state index contributed by atoms with van der Waals surface area (Å²) in [4.78, 5) is 18.2. The van der Waals surface area contributed by atoms with Gasteiger partial charge in [-0.15, -0.1) is 0 Å². The molecular formula is C15H16N2O2. The molecule has 0 bridgehead atoms. The highest BCUT2D eigenvalue weighted by molar-refractivity contribution is 6.04. The monoisotopic (exact) mass is 256 g/mol. The molecule has 0 aliphatic rings. The molecule has 19 heavy (non-hydrogen) atoms. The quantitative estimate of drug-likeness (QED) is 0.918. The lowest BCUT2D eigenvalue weighted by Crippen LogP contribution is -2.31. The number of anilines is 1. The van der Waals surface area contributed by atoms with E-state index in [0.29, 0.717) is 17.9 Å². The van der Waals surface area contributed by atoms with Crippen LogP contribution < -0.4 is 4.90 Å². The highest BCUT2D eigenvalue weighted by atomic mass is 16.3. The summed E-state index contributed by atoms with van der Waals surface area (Å²) in [5, 5.41) is 9.50. The van der Waals surface area contributed by atoms with E-state index in [9.17, 15) is 9.90 Å². The van der Waals surface area contributed by atoms with Crippen molar-refractivity contribution in [1.82, 2.24) is 4.98 Å². The molecule has 0 radical (unpaired) electrons. The molecule has 0 saturated carbocycles. The number of carbonyl (C=O) groups is 1. The Balaban J connectivity index is 2.34. The minimum Gasteiger partial charge on any atom is -0.508 e. The highest BCUT2D eigenvalue weighted by Gasteiger charge is 2.17. The van der Waals surface area contributed by atoms with Crippen molar-refractivity contribution in [2.24, 2.45) is 0 Å². The number of phenolic OH excluding ortho intramolecular Hbond substituents is 1. The second-order valence-corrected chi connectivity index (χ2v) is 4.23. The van der Waals surface area contributed by atoms with Gasteiger partial charge in [-0.2, -0.15) is 0 Å². The van der Waals surface area contributed by atoms with Crippen LogP contribution in [0.15, 0.2) is 42.5 Å². The van der Waals surface area contributed by atoms with E-state index in [0.717, 1.165) is 5.69 Å². The molecule has 0 aliphatic heterocycles. The summed E-state index contributed by atoms with van der Waals surface area (Å²) in [6, 6.07) is 12.0. The third-order valence-electron chi connectivity index (χ3n) is 2.81. The van der Waals surface area contributed by atoms with Crippen molar-refractivity contribution in [3.8, 4) is 5.75 Å². The number of amides is 1. The molecule has 0 fully saturated rings. The number of aromatic hydroxyl groups is 1. The molecule has 4 heteroatoms. The topological polar surface area (TPSA) is 53.4 Å². The lowest BCUT2D eigenvalue weighted by atomic mass is 10.2. The predicted octanol–water partition coefficient (Wildman–Crippen LogP) is 2.76. The second-order valence-electron chi connectivity index (χ2n) is 4.23. The Hall–Kier alpha value is -2.36. The van der Waals surface area contributed by atoms with Crippen molar-refractivity contribution in [3.05, 3.63) is 53.9 Å². The summed E-state index contributed by atoms with van der Waals surface area (Å²) < 4.78 is 0. The molecular weight excluding hydrogens is 240 g/mol. The highest BCUT2D eigenvalue weighted by Crippen LogP contribution is 2.21. The van der Waals surface area contributed by atoms with Gasteiger partial charge in [-0.05, 0) is 38.1 Å². The van der Waals surface area contributed by atoms with Gasteiger partial charge in [0.2, 0.25) is 0 Å². The maximum Gasteiger partial charge on any atom is 0.276 e. The van der Waals surface area contributed by atoms with Crippen molar-refractivity contribution in [2.75, 3.05) is 11.4 Å². The lowest BCUT2D eigenvalue weighted by molar-refractivity contribution is 0.0983. The zero-order valence-corrected chi connectivity index (χ0v) is 11.0. The molecule has 1 heterocycles. The summed E-state index contributed by atoms with van der Waals surface area (Å²) in [6.07, 6.45) is 0. The van der Waals surface area contributed by atoms with E-state index in [2.05, 4.69) is 4.98 Å². The predicted molar refractivity (Wildman–Crippen MR) is 74.4 cm³/mol. The molecule has 98 valence electrons. The Morgan fingerprint density at radius 1 is 1.26 bits per heavy atom. The number of aromatic nitrogens is 1. The normalized spacial score (nSPS) is 10.2. The van der Waals surface area contributed by atoms with E-state index in [1.165, 1.54) is 0 Å². The van der Waals surface area contributed by atoms with Crippen LogP contribution >= 0.6 is 0 Å². The molecule has 4 nitrogen and oxygen atoms in total. The third-order valence-corrected chi connectivity index (χ3v) is 2.81. The fraction of sp³-hybridized carbons (Fsp3) is 0.200. The van der Waals surface area contributed by atoms with Crippen LogP contribution in [0.25, 0.3) is 0 Å². The van der Waals surface area contributed by atoms with E-state index in [-0.39, 0.29) is 11.7 Å². The van der Waals surface area contributed by atoms with Crippen LogP contribution in [-0.2, 0) is 0 Å². The molecule has 0 aliphatic carbocycles. The van der Waals surface area contributed by atoms with Crippen LogP contribution in [0.3, 0.4) is 0 Å². The van der Waals surface area contributed by atoms with Gasteiger partial charge in [0.05, 0.1) is 0 Å². The van der Waals surface area contributed by atoms with Crippen molar-refractivity contribution in [1.29, 1.82) is 0 Å². The minimum atomic E-state index is -0.170. The van der Waals surface area contributed by atoms with E-state index in [1.54, 1.807) is 35.2 Å². The van der Waals surface area contributed by atoms with Gasteiger partial charge in [-0.25, -0.2) is 4.98 Å². The van der Waals surface area contributed by atoms with Crippen LogP contribution in [0.2, 0.25) is 0 Å². The Morgan fingerprint density at radius 2 is 2.00 bits per heavy atom. The average molecular weight is 256 g/mol. The largest absolute Gasteiger partial charge is 0.508 e. The summed E-state index contributed by atoms with van der Waals surface area (Å²) in [7, 11) is 0. The van der Waals surface area contributed by atoms with Gasteiger partial charge in [0.15, 0.2) is 0 Å². The number of carbonyl (C=O) groups excluding carboxylic acids is 1. The summed E-state index contributed by atoms with van der Waals surface area (Å²) in [6.45, 7) is 4.25. The van der Waals surface area contributed by atoms with Crippen LogP contribution in [0.4, 0.5) is 5.69 Å². The summed E-state index contributed by atoms with van der Waals surface area (Å²) >= 11 is 0. The molecule has 0 atom stereocenters. The number of pyridine rings is 1. The van der Waals surface area contributed by atoms with Crippen molar-refractivity contribution in [3.63, 3.8) is 0 Å². The second kappa shape index (κ2) is 5.52. The number of aryl methyl sites for hydroxylation is 1. The Bertz CT molecular complexity index is 596. The number of nitrogens with zero attached hydrogens (tertiary/aromatic N) is 2. The Kier molecular flexibility index (Phi) is 3.80. The zero-order valence-electron chi connectivity index (χ0n) is 11.0. The number of hydrogen-bond acceptors (Lipinski definition) is 3. The van der Waals surface area contributed by atoms with Crippen molar-refractivity contribution >= 4 is 11.6 Å². The van der Waals surface area contributed by atoms with Crippen LogP contribution in [0.1, 0.15) is 23.1 Å². The van der Waals surface area contributed by atoms with Gasteiger partial charge in [0.1, 0.15) is 11.4 Å². The number of rotatable bonds is 3. The maximum absolute atomic E-state index is 12.4. The molecule has 0 spiro atoms. The van der Waals surface area contributed by atoms with Crippen LogP contribution in [-0.4, -0.2) is 22.5 Å². The van der Waals surface area contributed by atoms with Gasteiger partial charge in [-0.3, -0.25) is 4.79 Å². The first-order valence-electron chi connectivity index (χ1n) is 6.16. The molecule has 1 aromatic carbocycles. The van der Waals surface area contributed by atoms with Crippen LogP contribution in [0.5, 0.6) is 5.75 Å². The molecule has 1 amide bonds. The average Bonchev–Trinajstić information content (AvgIpc) is 2.39. The van der Waals surface area contributed by atoms with Crippen LogP contribution in [0, 0.1) is 6.92 Å². The summed E-state index contributed by atoms with van der Waals surface area (Å²) in [5.41, 5.74) is 1.87. The smallest absolute Gasteiger partial charge is 0.276 e. The molecule has 1 N–H and O–H groups in total. The summed E-state index contributed by atoms with van der Waals surface area (Å²) in [5.74, 6) is -0.0299. The van der Waals surface area contributed by atoms with E-state index in [1.807, 2.05) is 26.0 Å². The van der Waals surface area contributed by atoms with E-state index in [4.69, 9.17) is 0 Å². The minimum absolute atomic E-state index is 0.140. The number of hydrogen-bond donors (Lipinski definition) is 1. The van der Waals surface area contributed by atoms with Gasteiger partial charge >= 0.3 is 0 Å². The maximum atomic E-state index is 12.4. The number of phenols is 1. The first-order chi connectivity index (χ1) is 9.11. The van der Waals surface area contributed by atoms with Gasteiger partial charge in [0.25, 0.3) is 5.91 Å². The van der Waals surface area contributed by atoms with Gasteiger partial charge < -0.3 is 10.0 Å². The van der Waals surface area contributed by atoms with Crippen molar-refractivity contribution in [2.45, 2.75) is 13.8 Å². The molecule has 2 aromatic rings. The first-order valence-corrected chi connectivity index (χ1v) is 6.16. The number of benzene rings is 1. The van der Waals surface area contributed by atoms with Gasteiger partial charge in [0, 0.05) is 24.0 Å². The first kappa shape index (κ1) is 13.1. The Labute approximate surface area is 112 Å². The van der Waals surface area contributed by atoms with E-state index < -0.39 is 0 Å². The molecule has 1 aromatic heterocycles.